The summed E-state index contributed by atoms with van der Waals surface area (Å²) >= 11 is 9.53. The van der Waals surface area contributed by atoms with Crippen LogP contribution < -0.4 is 0 Å². The molecule has 0 bridgehead atoms. The maximum absolute atomic E-state index is 4.76. The van der Waals surface area contributed by atoms with E-state index in [-0.39, 0.29) is 5.34 Å². The standard InChI is InChI=1S/C10H12.CH2Cl2/c1-2-6-10-8-4-3-7-9(10)5-1;2-1-3/h1-2,5-6H,3-4,7-8H2;1H2. The minimum absolute atomic E-state index is 0.194. The van der Waals surface area contributed by atoms with Crippen molar-refractivity contribution >= 4 is 23.2 Å². The number of fused-ring (bicyclic) bond motifs is 1. The van der Waals surface area contributed by atoms with Gasteiger partial charge in [0.15, 0.2) is 0 Å². The molecule has 0 saturated heterocycles. The van der Waals surface area contributed by atoms with E-state index in [0.717, 1.165) is 0 Å². The van der Waals surface area contributed by atoms with Gasteiger partial charge >= 0.3 is 0 Å². The molecule has 1 aliphatic carbocycles. The predicted octanol–water partition coefficient (Wildman–Crippen LogP) is 3.99. The topological polar surface area (TPSA) is 0 Å². The zero-order valence-corrected chi connectivity index (χ0v) is 9.11. The molecule has 0 amide bonds. The van der Waals surface area contributed by atoms with Gasteiger partial charge < -0.3 is 0 Å². The normalized spacial score (nSPS) is 14.0. The average Bonchev–Trinajstić information content (AvgIpc) is 2.19. The molecule has 0 unspecified atom stereocenters. The summed E-state index contributed by atoms with van der Waals surface area (Å²) in [7, 11) is 0. The van der Waals surface area contributed by atoms with Gasteiger partial charge in [0.2, 0.25) is 0 Å². The van der Waals surface area contributed by atoms with E-state index in [0.29, 0.717) is 0 Å². The fraction of sp³-hybridized carbons (Fsp3) is 0.455. The minimum Gasteiger partial charge on any atom is -0.109 e. The number of halogens is 2. The highest BCUT2D eigenvalue weighted by Crippen LogP contribution is 2.19. The first-order valence-electron chi connectivity index (χ1n) is 4.57. The van der Waals surface area contributed by atoms with Crippen LogP contribution in [0.4, 0.5) is 0 Å². The third kappa shape index (κ3) is 3.58. The molecule has 0 radical (unpaired) electrons. The Balaban J connectivity index is 0.000000251. The summed E-state index contributed by atoms with van der Waals surface area (Å²) in [6.07, 6.45) is 5.38. The highest BCUT2D eigenvalue weighted by Gasteiger charge is 2.05. The number of hydrogen-bond acceptors (Lipinski definition) is 0. The number of aryl methyl sites for hydroxylation is 2. The van der Waals surface area contributed by atoms with Crippen LogP contribution in [0, 0.1) is 0 Å². The van der Waals surface area contributed by atoms with Crippen molar-refractivity contribution in [1.82, 2.24) is 0 Å². The third-order valence-electron chi connectivity index (χ3n) is 2.26. The van der Waals surface area contributed by atoms with E-state index >= 15 is 0 Å². The van der Waals surface area contributed by atoms with Crippen molar-refractivity contribution in [2.75, 3.05) is 5.34 Å². The molecule has 0 spiro atoms. The summed E-state index contributed by atoms with van der Waals surface area (Å²) in [6.45, 7) is 0. The molecule has 0 N–H and O–H groups in total. The van der Waals surface area contributed by atoms with Gasteiger partial charge in [-0.2, -0.15) is 0 Å². The minimum atomic E-state index is 0.194. The average molecular weight is 217 g/mol. The molecule has 0 nitrogen and oxygen atoms in total. The summed E-state index contributed by atoms with van der Waals surface area (Å²) in [5.41, 5.74) is 3.16. The predicted molar refractivity (Wildman–Crippen MR) is 59.7 cm³/mol. The van der Waals surface area contributed by atoms with Gasteiger partial charge in [-0.05, 0) is 36.8 Å². The van der Waals surface area contributed by atoms with Gasteiger partial charge in [-0.3, -0.25) is 0 Å². The molecule has 2 heteroatoms. The fourth-order valence-corrected chi connectivity index (χ4v) is 1.68. The maximum Gasteiger partial charge on any atom is 0.0967 e. The Kier molecular flexibility index (Phi) is 5.26. The number of hydrogen-bond donors (Lipinski definition) is 0. The van der Waals surface area contributed by atoms with Crippen molar-refractivity contribution in [1.29, 1.82) is 0 Å². The quantitative estimate of drug-likeness (QED) is 0.576. The van der Waals surface area contributed by atoms with Crippen LogP contribution in [0.1, 0.15) is 24.0 Å². The first-order chi connectivity index (χ1) is 6.38. The second kappa shape index (κ2) is 6.28. The Labute approximate surface area is 89.9 Å². The highest BCUT2D eigenvalue weighted by molar-refractivity contribution is 6.40. The lowest BCUT2D eigenvalue weighted by molar-refractivity contribution is 0.685. The molecule has 1 aromatic carbocycles. The van der Waals surface area contributed by atoms with Gasteiger partial charge in [-0.25, -0.2) is 0 Å². The molecule has 0 fully saturated rings. The zero-order valence-electron chi connectivity index (χ0n) is 7.60. The van der Waals surface area contributed by atoms with Crippen LogP contribution in [0.15, 0.2) is 24.3 Å². The monoisotopic (exact) mass is 216 g/mol. The number of alkyl halides is 2. The Morgan fingerprint density at radius 2 is 1.31 bits per heavy atom. The van der Waals surface area contributed by atoms with Gasteiger partial charge in [0.1, 0.15) is 0 Å². The van der Waals surface area contributed by atoms with E-state index in [1.54, 1.807) is 11.1 Å². The SMILES string of the molecule is ClCCl.c1ccc2c(c1)CCCC2. The molecule has 0 aliphatic heterocycles. The number of benzene rings is 1. The van der Waals surface area contributed by atoms with Crippen molar-refractivity contribution in [3.63, 3.8) is 0 Å². The van der Waals surface area contributed by atoms with Crippen LogP contribution in [0.2, 0.25) is 0 Å². The van der Waals surface area contributed by atoms with Crippen molar-refractivity contribution < 1.29 is 0 Å². The van der Waals surface area contributed by atoms with E-state index < -0.39 is 0 Å². The second-order valence-corrected chi connectivity index (χ2v) is 3.88. The molecule has 13 heavy (non-hydrogen) atoms. The molecular weight excluding hydrogens is 203 g/mol. The third-order valence-corrected chi connectivity index (χ3v) is 2.26. The van der Waals surface area contributed by atoms with Crippen LogP contribution in [-0.4, -0.2) is 5.34 Å². The Morgan fingerprint density at radius 1 is 0.923 bits per heavy atom. The van der Waals surface area contributed by atoms with Crippen LogP contribution >= 0.6 is 23.2 Å². The lowest BCUT2D eigenvalue weighted by Gasteiger charge is -2.13. The van der Waals surface area contributed by atoms with Crippen LogP contribution in [0.5, 0.6) is 0 Å². The molecule has 1 aromatic rings. The van der Waals surface area contributed by atoms with Crippen LogP contribution in [-0.2, 0) is 12.8 Å². The molecule has 0 saturated carbocycles. The van der Waals surface area contributed by atoms with Gasteiger partial charge in [-0.15, -0.1) is 23.2 Å². The summed E-state index contributed by atoms with van der Waals surface area (Å²) in [4.78, 5) is 0. The molecule has 0 atom stereocenters. The molecule has 72 valence electrons. The molecular formula is C11H14Cl2. The maximum atomic E-state index is 4.76. The molecule has 2 rings (SSSR count). The lowest BCUT2D eigenvalue weighted by Crippen LogP contribution is -2.00. The summed E-state index contributed by atoms with van der Waals surface area (Å²) in [5, 5.41) is 0.194. The zero-order chi connectivity index (χ0) is 9.52. The summed E-state index contributed by atoms with van der Waals surface area (Å²) in [6, 6.07) is 8.80. The first kappa shape index (κ1) is 10.9. The summed E-state index contributed by atoms with van der Waals surface area (Å²) in [5.74, 6) is 0. The molecule has 0 heterocycles. The van der Waals surface area contributed by atoms with Crippen LogP contribution in [0.25, 0.3) is 0 Å². The van der Waals surface area contributed by atoms with Crippen molar-refractivity contribution in [2.45, 2.75) is 25.7 Å². The first-order valence-corrected chi connectivity index (χ1v) is 5.64. The largest absolute Gasteiger partial charge is 0.109 e. The van der Waals surface area contributed by atoms with Crippen LogP contribution in [0.3, 0.4) is 0 Å². The fourth-order valence-electron chi connectivity index (χ4n) is 1.68. The Bertz CT molecular complexity index is 221. The molecule has 0 aromatic heterocycles. The smallest absolute Gasteiger partial charge is 0.0967 e. The second-order valence-electron chi connectivity index (χ2n) is 3.08. The van der Waals surface area contributed by atoms with Crippen molar-refractivity contribution in [3.05, 3.63) is 35.4 Å². The van der Waals surface area contributed by atoms with E-state index in [9.17, 15) is 0 Å². The van der Waals surface area contributed by atoms with Gasteiger partial charge in [0.25, 0.3) is 0 Å². The Morgan fingerprint density at radius 3 is 1.69 bits per heavy atom. The van der Waals surface area contributed by atoms with E-state index in [4.69, 9.17) is 23.2 Å². The van der Waals surface area contributed by atoms with Gasteiger partial charge in [0.05, 0.1) is 5.34 Å². The molecule has 1 aliphatic rings. The van der Waals surface area contributed by atoms with Crippen molar-refractivity contribution in [3.8, 4) is 0 Å². The summed E-state index contributed by atoms with van der Waals surface area (Å²) < 4.78 is 0. The highest BCUT2D eigenvalue weighted by atomic mass is 35.5. The van der Waals surface area contributed by atoms with Crippen molar-refractivity contribution in [2.24, 2.45) is 0 Å². The van der Waals surface area contributed by atoms with Gasteiger partial charge in [0, 0.05) is 0 Å². The lowest BCUT2D eigenvalue weighted by atomic mass is 9.92. The van der Waals surface area contributed by atoms with E-state index in [1.807, 2.05) is 0 Å². The van der Waals surface area contributed by atoms with E-state index in [1.165, 1.54) is 25.7 Å². The Hall–Kier alpha value is -0.200. The van der Waals surface area contributed by atoms with Gasteiger partial charge in [-0.1, -0.05) is 24.3 Å². The van der Waals surface area contributed by atoms with E-state index in [2.05, 4.69) is 24.3 Å². The number of rotatable bonds is 0.